The molecule has 0 saturated heterocycles. The van der Waals surface area contributed by atoms with E-state index in [1.807, 2.05) is 37.3 Å². The molecule has 0 bridgehead atoms. The minimum absolute atomic E-state index is 0.0632. The Morgan fingerprint density at radius 1 is 1.42 bits per heavy atom. The number of hydrogen-bond donors (Lipinski definition) is 1. The minimum Gasteiger partial charge on any atom is -0.399 e. The molecule has 4 nitrogen and oxygen atoms in total. The Morgan fingerprint density at radius 3 is 2.63 bits per heavy atom. The average molecular weight is 283 g/mol. The Bertz CT molecular complexity index is 521. The van der Waals surface area contributed by atoms with E-state index in [0.717, 1.165) is 19.4 Å². The molecule has 0 aromatic heterocycles. The normalized spacial score (nSPS) is 16.1. The van der Waals surface area contributed by atoms with Gasteiger partial charge < -0.3 is 5.73 Å². The number of rotatable bonds is 6. The van der Waals surface area contributed by atoms with Crippen molar-refractivity contribution in [3.05, 3.63) is 24.3 Å². The van der Waals surface area contributed by atoms with Crippen molar-refractivity contribution in [2.24, 2.45) is 4.36 Å². The molecule has 0 fully saturated rings. The Hall–Kier alpha value is -1.07. The Morgan fingerprint density at radius 2 is 2.11 bits per heavy atom. The molecule has 0 aliphatic heterocycles. The van der Waals surface area contributed by atoms with Crippen molar-refractivity contribution >= 4 is 15.6 Å². The predicted octanol–water partition coefficient (Wildman–Crippen LogP) is 3.15. The highest BCUT2D eigenvalue weighted by Crippen LogP contribution is 2.21. The van der Waals surface area contributed by atoms with Crippen molar-refractivity contribution in [1.29, 1.82) is 0 Å². The fourth-order valence-corrected chi connectivity index (χ4v) is 4.01. The van der Waals surface area contributed by atoms with Crippen molar-refractivity contribution in [2.75, 3.05) is 19.3 Å². The zero-order valence-electron chi connectivity index (χ0n) is 12.3. The second-order valence-corrected chi connectivity index (χ2v) is 7.08. The summed E-state index contributed by atoms with van der Waals surface area (Å²) < 4.78 is 19.7. The third-order valence-corrected chi connectivity index (χ3v) is 5.58. The van der Waals surface area contributed by atoms with E-state index in [0.29, 0.717) is 10.6 Å². The molecular weight excluding hydrogens is 258 g/mol. The average Bonchev–Trinajstić information content (AvgIpc) is 2.38. The molecule has 5 heteroatoms. The van der Waals surface area contributed by atoms with E-state index in [1.54, 1.807) is 12.1 Å². The van der Waals surface area contributed by atoms with Crippen molar-refractivity contribution in [3.8, 4) is 0 Å². The lowest BCUT2D eigenvalue weighted by atomic mass is 10.3. The summed E-state index contributed by atoms with van der Waals surface area (Å²) in [5.41, 5.74) is 6.43. The molecule has 1 aromatic carbocycles. The van der Waals surface area contributed by atoms with E-state index in [2.05, 4.69) is 11.3 Å². The summed E-state index contributed by atoms with van der Waals surface area (Å²) in [6, 6.07) is 7.30. The summed E-state index contributed by atoms with van der Waals surface area (Å²) in [4.78, 5) is 0.698. The van der Waals surface area contributed by atoms with E-state index >= 15 is 0 Å². The van der Waals surface area contributed by atoms with Crippen LogP contribution in [-0.2, 0) is 9.92 Å². The van der Waals surface area contributed by atoms with Crippen LogP contribution >= 0.6 is 0 Å². The molecular formula is C14H25N3OS. The number of hydrogen-bond acceptors (Lipinski definition) is 3. The molecule has 0 heterocycles. The highest BCUT2D eigenvalue weighted by Gasteiger charge is 2.19. The maximum Gasteiger partial charge on any atom is 0.139 e. The number of benzene rings is 1. The van der Waals surface area contributed by atoms with Gasteiger partial charge in [-0.1, -0.05) is 19.9 Å². The van der Waals surface area contributed by atoms with Gasteiger partial charge in [-0.2, -0.15) is 0 Å². The number of nitrogens with zero attached hydrogens (tertiary/aromatic N) is 2. The van der Waals surface area contributed by atoms with Crippen LogP contribution in [0.1, 0.15) is 33.6 Å². The summed E-state index contributed by atoms with van der Waals surface area (Å²) in [7, 11) is -0.702. The highest BCUT2D eigenvalue weighted by molar-refractivity contribution is 7.91. The van der Waals surface area contributed by atoms with Gasteiger partial charge in [-0.05, 0) is 38.0 Å². The zero-order valence-corrected chi connectivity index (χ0v) is 13.1. The Kier molecular flexibility index (Phi) is 5.82. The summed E-state index contributed by atoms with van der Waals surface area (Å²) >= 11 is 0. The lowest BCUT2D eigenvalue weighted by molar-refractivity contribution is 0.506. The van der Waals surface area contributed by atoms with Crippen molar-refractivity contribution in [1.82, 2.24) is 4.31 Å². The molecule has 108 valence electrons. The SMILES string of the molecule is CCCN(C)S(=O)(=NC(C)CC)c1cccc(N)c1. The van der Waals surface area contributed by atoms with Crippen LogP contribution in [0, 0.1) is 0 Å². The molecule has 0 aliphatic carbocycles. The quantitative estimate of drug-likeness (QED) is 0.815. The van der Waals surface area contributed by atoms with Crippen LogP contribution in [-0.4, -0.2) is 28.1 Å². The number of anilines is 1. The van der Waals surface area contributed by atoms with Crippen LogP contribution in [0.25, 0.3) is 0 Å². The second kappa shape index (κ2) is 6.91. The highest BCUT2D eigenvalue weighted by atomic mass is 32.2. The smallest absolute Gasteiger partial charge is 0.139 e. The first-order valence-electron chi connectivity index (χ1n) is 6.77. The van der Waals surface area contributed by atoms with Gasteiger partial charge in [0.15, 0.2) is 0 Å². The molecule has 0 amide bonds. The number of nitrogens with two attached hydrogens (primary N) is 1. The van der Waals surface area contributed by atoms with Gasteiger partial charge >= 0.3 is 0 Å². The van der Waals surface area contributed by atoms with Gasteiger partial charge in [-0.25, -0.2) is 12.9 Å². The zero-order chi connectivity index (χ0) is 14.5. The van der Waals surface area contributed by atoms with Gasteiger partial charge in [0.2, 0.25) is 0 Å². The lowest BCUT2D eigenvalue weighted by Crippen LogP contribution is -2.28. The van der Waals surface area contributed by atoms with Crippen LogP contribution in [0.15, 0.2) is 33.5 Å². The van der Waals surface area contributed by atoms with Crippen LogP contribution in [0.5, 0.6) is 0 Å². The van der Waals surface area contributed by atoms with Crippen LogP contribution in [0.2, 0.25) is 0 Å². The third kappa shape index (κ3) is 3.94. The van der Waals surface area contributed by atoms with Crippen molar-refractivity contribution < 1.29 is 4.21 Å². The van der Waals surface area contributed by atoms with E-state index in [1.165, 1.54) is 0 Å². The summed E-state index contributed by atoms with van der Waals surface area (Å²) in [6.07, 6.45) is 1.81. The van der Waals surface area contributed by atoms with Gasteiger partial charge in [0.05, 0.1) is 10.9 Å². The maximum atomic E-state index is 13.3. The van der Waals surface area contributed by atoms with E-state index < -0.39 is 9.92 Å². The molecule has 2 N–H and O–H groups in total. The maximum absolute atomic E-state index is 13.3. The third-order valence-electron chi connectivity index (χ3n) is 3.04. The van der Waals surface area contributed by atoms with Gasteiger partial charge in [-0.3, -0.25) is 0 Å². The fourth-order valence-electron chi connectivity index (χ4n) is 1.76. The summed E-state index contributed by atoms with van der Waals surface area (Å²) in [6.45, 7) is 6.85. The minimum atomic E-state index is -2.56. The first-order chi connectivity index (χ1) is 8.93. The molecule has 0 spiro atoms. The largest absolute Gasteiger partial charge is 0.399 e. The van der Waals surface area contributed by atoms with E-state index in [4.69, 9.17) is 5.73 Å². The topological polar surface area (TPSA) is 58.7 Å². The molecule has 2 atom stereocenters. The fraction of sp³-hybridized carbons (Fsp3) is 0.571. The summed E-state index contributed by atoms with van der Waals surface area (Å²) in [5.74, 6) is 0. The van der Waals surface area contributed by atoms with E-state index in [9.17, 15) is 4.21 Å². The lowest BCUT2D eigenvalue weighted by Gasteiger charge is -2.23. The van der Waals surface area contributed by atoms with Gasteiger partial charge in [0.1, 0.15) is 9.92 Å². The molecule has 0 radical (unpaired) electrons. The van der Waals surface area contributed by atoms with Crippen LogP contribution in [0.4, 0.5) is 5.69 Å². The summed E-state index contributed by atoms with van der Waals surface area (Å²) in [5, 5.41) is 0. The molecule has 0 aliphatic rings. The monoisotopic (exact) mass is 283 g/mol. The van der Waals surface area contributed by atoms with Crippen LogP contribution < -0.4 is 5.73 Å². The standard InChI is InChI=1S/C14H25N3OS/c1-5-10-17(4)19(18,16-12(3)6-2)14-9-7-8-13(15)11-14/h7-9,11-12H,5-6,10,15H2,1-4H3. The molecule has 2 unspecified atom stereocenters. The molecule has 1 aromatic rings. The molecule has 1 rings (SSSR count). The molecule has 0 saturated carbocycles. The van der Waals surface area contributed by atoms with Gasteiger partial charge in [-0.15, -0.1) is 0 Å². The first kappa shape index (κ1) is 16.0. The van der Waals surface area contributed by atoms with Crippen molar-refractivity contribution in [3.63, 3.8) is 0 Å². The van der Waals surface area contributed by atoms with Gasteiger partial charge in [0, 0.05) is 19.3 Å². The Labute approximate surface area is 117 Å². The predicted molar refractivity (Wildman–Crippen MR) is 82.4 cm³/mol. The first-order valence-corrected chi connectivity index (χ1v) is 8.24. The van der Waals surface area contributed by atoms with E-state index in [-0.39, 0.29) is 6.04 Å². The molecule has 19 heavy (non-hydrogen) atoms. The van der Waals surface area contributed by atoms with Crippen LogP contribution in [0.3, 0.4) is 0 Å². The second-order valence-electron chi connectivity index (χ2n) is 4.78. The Balaban J connectivity index is 3.35. The van der Waals surface area contributed by atoms with Crippen molar-refractivity contribution in [2.45, 2.75) is 44.6 Å². The number of nitrogen functional groups attached to an aromatic ring is 1. The van der Waals surface area contributed by atoms with Gasteiger partial charge in [0.25, 0.3) is 0 Å².